The lowest BCUT2D eigenvalue weighted by molar-refractivity contribution is 0.00211. The molecule has 110 valence electrons. The van der Waals surface area contributed by atoms with Gasteiger partial charge in [-0.2, -0.15) is 0 Å². The average molecular weight is 276 g/mol. The van der Waals surface area contributed by atoms with Crippen LogP contribution in [0.3, 0.4) is 0 Å². The van der Waals surface area contributed by atoms with Gasteiger partial charge in [0, 0.05) is 31.8 Å². The molecule has 0 spiro atoms. The summed E-state index contributed by atoms with van der Waals surface area (Å²) < 4.78 is 5.77. The van der Waals surface area contributed by atoms with Crippen molar-refractivity contribution >= 4 is 5.91 Å². The Morgan fingerprint density at radius 2 is 2.15 bits per heavy atom. The highest BCUT2D eigenvalue weighted by Gasteiger charge is 2.24. The summed E-state index contributed by atoms with van der Waals surface area (Å²) in [4.78, 5) is 14.4. The second kappa shape index (κ2) is 7.41. The highest BCUT2D eigenvalue weighted by molar-refractivity contribution is 5.94. The van der Waals surface area contributed by atoms with E-state index in [0.717, 1.165) is 43.5 Å². The Morgan fingerprint density at radius 1 is 1.40 bits per heavy atom. The average Bonchev–Trinajstić information content (AvgIpc) is 2.52. The first-order valence-corrected chi connectivity index (χ1v) is 7.44. The molecule has 1 saturated heterocycles. The Kier molecular flexibility index (Phi) is 5.56. The number of carbonyl (C=O) groups is 1. The van der Waals surface area contributed by atoms with E-state index in [4.69, 9.17) is 10.5 Å². The standard InChI is InChI=1S/C16H24N2O2/c1-2-10-20-15-4-3-9-18(12-15)16(19)14-7-5-13(11-17)6-8-14/h5-8,15H,2-4,9-12,17H2,1H3. The molecule has 4 heteroatoms. The normalized spacial score (nSPS) is 19.1. The summed E-state index contributed by atoms with van der Waals surface area (Å²) in [7, 11) is 0. The lowest BCUT2D eigenvalue weighted by Gasteiger charge is -2.32. The molecule has 0 bridgehead atoms. The van der Waals surface area contributed by atoms with Gasteiger partial charge in [-0.3, -0.25) is 4.79 Å². The third-order valence-corrected chi connectivity index (χ3v) is 3.66. The predicted molar refractivity (Wildman–Crippen MR) is 79.5 cm³/mol. The third kappa shape index (κ3) is 3.81. The van der Waals surface area contributed by atoms with Crippen LogP contribution in [0.25, 0.3) is 0 Å². The molecule has 1 aliphatic heterocycles. The van der Waals surface area contributed by atoms with E-state index >= 15 is 0 Å². The van der Waals surface area contributed by atoms with E-state index < -0.39 is 0 Å². The van der Waals surface area contributed by atoms with Gasteiger partial charge in [-0.15, -0.1) is 0 Å². The van der Waals surface area contributed by atoms with Crippen LogP contribution in [0, 0.1) is 0 Å². The number of benzene rings is 1. The predicted octanol–water partition coefficient (Wildman–Crippen LogP) is 2.18. The number of nitrogens with zero attached hydrogens (tertiary/aromatic N) is 1. The molecule has 1 amide bonds. The van der Waals surface area contributed by atoms with Gasteiger partial charge in [0.1, 0.15) is 0 Å². The van der Waals surface area contributed by atoms with Crippen LogP contribution in [0.2, 0.25) is 0 Å². The van der Waals surface area contributed by atoms with Gasteiger partial charge in [0.25, 0.3) is 5.91 Å². The van der Waals surface area contributed by atoms with Gasteiger partial charge in [-0.05, 0) is 37.0 Å². The van der Waals surface area contributed by atoms with Crippen LogP contribution in [-0.2, 0) is 11.3 Å². The fraction of sp³-hybridized carbons (Fsp3) is 0.562. The maximum Gasteiger partial charge on any atom is 0.253 e. The summed E-state index contributed by atoms with van der Waals surface area (Å²) in [6.07, 6.45) is 3.28. The number of rotatable bonds is 5. The van der Waals surface area contributed by atoms with Crippen molar-refractivity contribution in [3.63, 3.8) is 0 Å². The fourth-order valence-electron chi connectivity index (χ4n) is 2.51. The zero-order valence-electron chi connectivity index (χ0n) is 12.2. The van der Waals surface area contributed by atoms with Crippen LogP contribution >= 0.6 is 0 Å². The lowest BCUT2D eigenvalue weighted by atomic mass is 10.1. The number of hydrogen-bond donors (Lipinski definition) is 1. The molecule has 1 aliphatic rings. The van der Waals surface area contributed by atoms with Crippen molar-refractivity contribution in [2.24, 2.45) is 5.73 Å². The largest absolute Gasteiger partial charge is 0.376 e. The molecule has 4 nitrogen and oxygen atoms in total. The van der Waals surface area contributed by atoms with Crippen LogP contribution in [0.15, 0.2) is 24.3 Å². The number of likely N-dealkylation sites (tertiary alicyclic amines) is 1. The molecule has 0 aliphatic carbocycles. The van der Waals surface area contributed by atoms with Gasteiger partial charge in [-0.1, -0.05) is 19.1 Å². The summed E-state index contributed by atoms with van der Waals surface area (Å²) in [5, 5.41) is 0. The Labute approximate surface area is 120 Å². The first-order valence-electron chi connectivity index (χ1n) is 7.44. The highest BCUT2D eigenvalue weighted by Crippen LogP contribution is 2.16. The van der Waals surface area contributed by atoms with Crippen LogP contribution in [-0.4, -0.2) is 36.6 Å². The van der Waals surface area contributed by atoms with Crippen molar-refractivity contribution in [2.45, 2.75) is 38.8 Å². The van der Waals surface area contributed by atoms with Crippen LogP contribution in [0.4, 0.5) is 0 Å². The van der Waals surface area contributed by atoms with E-state index in [-0.39, 0.29) is 12.0 Å². The van der Waals surface area contributed by atoms with E-state index in [1.165, 1.54) is 0 Å². The van der Waals surface area contributed by atoms with Gasteiger partial charge in [0.05, 0.1) is 6.10 Å². The first-order chi connectivity index (χ1) is 9.74. The van der Waals surface area contributed by atoms with E-state index in [1.807, 2.05) is 29.2 Å². The zero-order chi connectivity index (χ0) is 14.4. The second-order valence-corrected chi connectivity index (χ2v) is 5.29. The number of hydrogen-bond acceptors (Lipinski definition) is 3. The minimum absolute atomic E-state index is 0.0957. The molecular formula is C16H24N2O2. The molecule has 0 aromatic heterocycles. The van der Waals surface area contributed by atoms with E-state index in [2.05, 4.69) is 6.92 Å². The highest BCUT2D eigenvalue weighted by atomic mass is 16.5. The Bertz CT molecular complexity index is 431. The summed E-state index contributed by atoms with van der Waals surface area (Å²) in [5.74, 6) is 0.0957. The minimum atomic E-state index is 0.0957. The molecule has 1 aromatic rings. The maximum atomic E-state index is 12.5. The quantitative estimate of drug-likeness (QED) is 0.896. The Morgan fingerprint density at radius 3 is 2.80 bits per heavy atom. The first kappa shape index (κ1) is 15.0. The van der Waals surface area contributed by atoms with Gasteiger partial charge in [0.2, 0.25) is 0 Å². The molecule has 0 radical (unpaired) electrons. The molecular weight excluding hydrogens is 252 g/mol. The van der Waals surface area contributed by atoms with Crippen LogP contribution < -0.4 is 5.73 Å². The summed E-state index contributed by atoms with van der Waals surface area (Å²) in [6, 6.07) is 7.56. The van der Waals surface area contributed by atoms with Gasteiger partial charge >= 0.3 is 0 Å². The smallest absolute Gasteiger partial charge is 0.253 e. The number of carbonyl (C=O) groups excluding carboxylic acids is 1. The Balaban J connectivity index is 1.96. The van der Waals surface area contributed by atoms with E-state index in [9.17, 15) is 4.79 Å². The molecule has 1 heterocycles. The molecule has 1 unspecified atom stereocenters. The van der Waals surface area contributed by atoms with Crippen molar-refractivity contribution in [1.82, 2.24) is 4.90 Å². The monoisotopic (exact) mass is 276 g/mol. The van der Waals surface area contributed by atoms with Gasteiger partial charge in [-0.25, -0.2) is 0 Å². The molecule has 20 heavy (non-hydrogen) atoms. The number of ether oxygens (including phenoxy) is 1. The fourth-order valence-corrected chi connectivity index (χ4v) is 2.51. The molecule has 0 saturated carbocycles. The molecule has 1 atom stereocenters. The SMILES string of the molecule is CCCOC1CCCN(C(=O)c2ccc(CN)cc2)C1. The van der Waals surface area contributed by atoms with Gasteiger partial charge in [0.15, 0.2) is 0 Å². The van der Waals surface area contributed by atoms with Crippen molar-refractivity contribution in [2.75, 3.05) is 19.7 Å². The van der Waals surface area contributed by atoms with Crippen molar-refractivity contribution in [1.29, 1.82) is 0 Å². The molecule has 1 fully saturated rings. The van der Waals surface area contributed by atoms with Gasteiger partial charge < -0.3 is 15.4 Å². The summed E-state index contributed by atoms with van der Waals surface area (Å²) >= 11 is 0. The minimum Gasteiger partial charge on any atom is -0.376 e. The zero-order valence-corrected chi connectivity index (χ0v) is 12.2. The van der Waals surface area contributed by atoms with Crippen molar-refractivity contribution < 1.29 is 9.53 Å². The topological polar surface area (TPSA) is 55.6 Å². The van der Waals surface area contributed by atoms with E-state index in [1.54, 1.807) is 0 Å². The molecule has 2 N–H and O–H groups in total. The maximum absolute atomic E-state index is 12.5. The molecule has 2 rings (SSSR count). The number of piperidine rings is 1. The van der Waals surface area contributed by atoms with E-state index in [0.29, 0.717) is 13.1 Å². The number of nitrogens with two attached hydrogens (primary N) is 1. The van der Waals surface area contributed by atoms with Crippen LogP contribution in [0.5, 0.6) is 0 Å². The number of amides is 1. The third-order valence-electron chi connectivity index (χ3n) is 3.66. The Hall–Kier alpha value is -1.39. The molecule has 1 aromatic carbocycles. The second-order valence-electron chi connectivity index (χ2n) is 5.29. The summed E-state index contributed by atoms with van der Waals surface area (Å²) in [6.45, 7) is 4.91. The van der Waals surface area contributed by atoms with Crippen molar-refractivity contribution in [3.8, 4) is 0 Å². The van der Waals surface area contributed by atoms with Crippen LogP contribution in [0.1, 0.15) is 42.1 Å². The summed E-state index contributed by atoms with van der Waals surface area (Å²) in [5.41, 5.74) is 7.35. The lowest BCUT2D eigenvalue weighted by Crippen LogP contribution is -2.43. The van der Waals surface area contributed by atoms with Crippen molar-refractivity contribution in [3.05, 3.63) is 35.4 Å².